The van der Waals surface area contributed by atoms with Crippen molar-refractivity contribution in [1.82, 2.24) is 29.4 Å². The van der Waals surface area contributed by atoms with Crippen molar-refractivity contribution in [2.75, 3.05) is 7.05 Å². The van der Waals surface area contributed by atoms with E-state index in [1.807, 2.05) is 45.0 Å². The normalized spacial score (nSPS) is 13.6. The highest BCUT2D eigenvalue weighted by atomic mass is 16.2. The lowest BCUT2D eigenvalue weighted by Crippen LogP contribution is -2.35. The van der Waals surface area contributed by atoms with Crippen LogP contribution in [0.25, 0.3) is 21.9 Å². The second kappa shape index (κ2) is 8.72. The van der Waals surface area contributed by atoms with Gasteiger partial charge in [0.25, 0.3) is 11.5 Å². The van der Waals surface area contributed by atoms with Gasteiger partial charge >= 0.3 is 5.69 Å². The van der Waals surface area contributed by atoms with Gasteiger partial charge in [0, 0.05) is 36.3 Å². The summed E-state index contributed by atoms with van der Waals surface area (Å²) in [5, 5.41) is 1.11. The molecule has 4 aromatic rings. The number of fused-ring (bicyclic) bond motifs is 2. The summed E-state index contributed by atoms with van der Waals surface area (Å²) < 4.78 is 1.47. The average Bonchev–Trinajstić information content (AvgIpc) is 3.66. The zero-order chi connectivity index (χ0) is 24.9. The molecule has 0 atom stereocenters. The number of benzene rings is 1. The SMILES string of the molecule is Cc1nc(CN(C)C(=O)c2cc(C3CC3)nc3c2c(=O)[nH]c(=O)n3CC(C)C)nc2ccccc12. The second-order valence-electron chi connectivity index (χ2n) is 9.73. The van der Waals surface area contributed by atoms with Gasteiger partial charge in [0.15, 0.2) is 5.65 Å². The molecule has 1 fully saturated rings. The number of H-pyrrole nitrogens is 1. The topological polar surface area (TPSA) is 114 Å². The summed E-state index contributed by atoms with van der Waals surface area (Å²) in [5.74, 6) is 0.574. The first-order valence-corrected chi connectivity index (χ1v) is 11.9. The molecule has 9 nitrogen and oxygen atoms in total. The molecule has 1 saturated carbocycles. The predicted molar refractivity (Wildman–Crippen MR) is 134 cm³/mol. The molecule has 1 aromatic carbocycles. The van der Waals surface area contributed by atoms with E-state index in [1.54, 1.807) is 13.1 Å². The van der Waals surface area contributed by atoms with E-state index in [1.165, 1.54) is 9.47 Å². The first-order chi connectivity index (χ1) is 16.7. The molecule has 5 rings (SSSR count). The van der Waals surface area contributed by atoms with Crippen LogP contribution in [0.4, 0.5) is 0 Å². The average molecular weight is 473 g/mol. The molecule has 0 unspecified atom stereocenters. The fourth-order valence-corrected chi connectivity index (χ4v) is 4.44. The summed E-state index contributed by atoms with van der Waals surface area (Å²) >= 11 is 0. The van der Waals surface area contributed by atoms with Gasteiger partial charge in [-0.05, 0) is 37.8 Å². The van der Waals surface area contributed by atoms with Crippen LogP contribution < -0.4 is 11.2 Å². The zero-order valence-corrected chi connectivity index (χ0v) is 20.3. The summed E-state index contributed by atoms with van der Waals surface area (Å²) in [6, 6.07) is 9.45. The molecule has 0 saturated heterocycles. The van der Waals surface area contributed by atoms with Crippen LogP contribution in [0.2, 0.25) is 0 Å². The molecular formula is C26H28N6O3. The number of pyridine rings is 1. The van der Waals surface area contributed by atoms with Gasteiger partial charge in [0.1, 0.15) is 5.82 Å². The van der Waals surface area contributed by atoms with Gasteiger partial charge in [-0.2, -0.15) is 0 Å². The Morgan fingerprint density at radius 1 is 1.17 bits per heavy atom. The van der Waals surface area contributed by atoms with E-state index in [0.717, 1.165) is 35.1 Å². The van der Waals surface area contributed by atoms with Crippen LogP contribution in [0.5, 0.6) is 0 Å². The highest BCUT2D eigenvalue weighted by molar-refractivity contribution is 6.05. The summed E-state index contributed by atoms with van der Waals surface area (Å²) in [7, 11) is 1.66. The van der Waals surface area contributed by atoms with Crippen molar-refractivity contribution in [3.63, 3.8) is 0 Å². The van der Waals surface area contributed by atoms with Crippen molar-refractivity contribution in [3.8, 4) is 0 Å². The van der Waals surface area contributed by atoms with Gasteiger partial charge in [-0.25, -0.2) is 19.7 Å². The number of rotatable bonds is 6. The molecule has 180 valence electrons. The van der Waals surface area contributed by atoms with Gasteiger partial charge < -0.3 is 4.90 Å². The Balaban J connectivity index is 1.60. The van der Waals surface area contributed by atoms with E-state index >= 15 is 0 Å². The van der Waals surface area contributed by atoms with Crippen molar-refractivity contribution in [1.29, 1.82) is 0 Å². The molecule has 1 amide bonds. The second-order valence-corrected chi connectivity index (χ2v) is 9.73. The van der Waals surface area contributed by atoms with Crippen molar-refractivity contribution < 1.29 is 4.79 Å². The van der Waals surface area contributed by atoms with Crippen molar-refractivity contribution in [3.05, 3.63) is 73.9 Å². The van der Waals surface area contributed by atoms with Crippen molar-refractivity contribution >= 4 is 27.8 Å². The standard InChI is InChI=1S/C26H28N6O3/c1-14(2)12-32-23-22(24(33)30-26(32)35)18(11-20(29-23)16-9-10-16)25(34)31(4)13-21-27-15(3)17-7-5-6-8-19(17)28-21/h5-8,11,14,16H,9-10,12-13H2,1-4H3,(H,30,33,35). The van der Waals surface area contributed by atoms with Gasteiger partial charge in [-0.15, -0.1) is 0 Å². The Morgan fingerprint density at radius 3 is 2.63 bits per heavy atom. The monoisotopic (exact) mass is 472 g/mol. The number of para-hydroxylation sites is 1. The van der Waals surface area contributed by atoms with Crippen LogP contribution in [0.1, 0.15) is 60.2 Å². The quantitative estimate of drug-likeness (QED) is 0.461. The number of carbonyl (C=O) groups excluding carboxylic acids is 1. The Morgan fingerprint density at radius 2 is 1.91 bits per heavy atom. The Bertz CT molecular complexity index is 1580. The molecule has 1 aliphatic rings. The number of hydrogen-bond donors (Lipinski definition) is 1. The minimum atomic E-state index is -0.602. The van der Waals surface area contributed by atoms with Crippen LogP contribution in [-0.4, -0.2) is 42.4 Å². The number of hydrogen-bond acceptors (Lipinski definition) is 6. The van der Waals surface area contributed by atoms with E-state index in [4.69, 9.17) is 4.98 Å². The minimum Gasteiger partial charge on any atom is -0.334 e. The molecular weight excluding hydrogens is 444 g/mol. The van der Waals surface area contributed by atoms with Crippen molar-refractivity contribution in [2.24, 2.45) is 5.92 Å². The van der Waals surface area contributed by atoms with Crippen LogP contribution in [0, 0.1) is 12.8 Å². The summed E-state index contributed by atoms with van der Waals surface area (Å²) in [6.45, 7) is 6.46. The zero-order valence-electron chi connectivity index (χ0n) is 20.3. The molecule has 3 heterocycles. The Labute approximate surface area is 201 Å². The summed E-state index contributed by atoms with van der Waals surface area (Å²) in [6.07, 6.45) is 1.95. The van der Waals surface area contributed by atoms with E-state index in [2.05, 4.69) is 15.0 Å². The van der Waals surface area contributed by atoms with E-state index < -0.39 is 11.2 Å². The molecule has 0 bridgehead atoms. The first kappa shape index (κ1) is 22.9. The number of nitrogens with zero attached hydrogens (tertiary/aromatic N) is 5. The Hall–Kier alpha value is -3.88. The largest absolute Gasteiger partial charge is 0.334 e. The molecule has 1 N–H and O–H groups in total. The third-order valence-electron chi connectivity index (χ3n) is 6.31. The first-order valence-electron chi connectivity index (χ1n) is 11.9. The lowest BCUT2D eigenvalue weighted by Gasteiger charge is -2.19. The molecule has 0 spiro atoms. The minimum absolute atomic E-state index is 0.141. The maximum atomic E-state index is 13.7. The smallest absolute Gasteiger partial charge is 0.330 e. The number of amides is 1. The van der Waals surface area contributed by atoms with Crippen LogP contribution >= 0.6 is 0 Å². The van der Waals surface area contributed by atoms with Crippen LogP contribution in [0.3, 0.4) is 0 Å². The fraction of sp³-hybridized carbons (Fsp3) is 0.385. The maximum Gasteiger partial charge on any atom is 0.330 e. The van der Waals surface area contributed by atoms with Crippen LogP contribution in [0.15, 0.2) is 39.9 Å². The molecule has 0 radical (unpaired) electrons. The molecule has 1 aliphatic carbocycles. The number of aromatic amines is 1. The fourth-order valence-electron chi connectivity index (χ4n) is 4.44. The highest BCUT2D eigenvalue weighted by Gasteiger charge is 2.29. The van der Waals surface area contributed by atoms with Gasteiger partial charge in [0.2, 0.25) is 0 Å². The van der Waals surface area contributed by atoms with E-state index in [-0.39, 0.29) is 40.9 Å². The number of aromatic nitrogens is 5. The van der Waals surface area contributed by atoms with E-state index in [9.17, 15) is 14.4 Å². The molecule has 9 heteroatoms. The third kappa shape index (κ3) is 4.34. The van der Waals surface area contributed by atoms with Gasteiger partial charge in [0.05, 0.1) is 23.0 Å². The van der Waals surface area contributed by atoms with Gasteiger partial charge in [-0.3, -0.25) is 19.1 Å². The highest BCUT2D eigenvalue weighted by Crippen LogP contribution is 2.40. The third-order valence-corrected chi connectivity index (χ3v) is 6.31. The predicted octanol–water partition coefficient (Wildman–Crippen LogP) is 3.14. The summed E-state index contributed by atoms with van der Waals surface area (Å²) in [4.78, 5) is 57.0. The van der Waals surface area contributed by atoms with Crippen LogP contribution in [-0.2, 0) is 13.1 Å². The maximum absolute atomic E-state index is 13.7. The number of aryl methyl sites for hydroxylation is 1. The van der Waals surface area contributed by atoms with Crippen molar-refractivity contribution in [2.45, 2.75) is 52.6 Å². The lowest BCUT2D eigenvalue weighted by atomic mass is 10.1. The lowest BCUT2D eigenvalue weighted by molar-refractivity contribution is 0.0783. The number of carbonyl (C=O) groups is 1. The molecule has 35 heavy (non-hydrogen) atoms. The Kier molecular flexibility index (Phi) is 5.70. The molecule has 3 aromatic heterocycles. The van der Waals surface area contributed by atoms with Gasteiger partial charge in [-0.1, -0.05) is 32.0 Å². The number of nitrogens with one attached hydrogen (secondary N) is 1. The summed E-state index contributed by atoms with van der Waals surface area (Å²) in [5.41, 5.74) is 1.80. The van der Waals surface area contributed by atoms with E-state index in [0.29, 0.717) is 12.4 Å². The molecule has 0 aliphatic heterocycles.